The zero-order valence-corrected chi connectivity index (χ0v) is 9.90. The summed E-state index contributed by atoms with van der Waals surface area (Å²) in [6.07, 6.45) is 1.08. The van der Waals surface area contributed by atoms with E-state index in [0.717, 1.165) is 37.6 Å². The molecule has 1 aliphatic heterocycles. The van der Waals surface area contributed by atoms with Gasteiger partial charge in [0.05, 0.1) is 6.04 Å². The van der Waals surface area contributed by atoms with E-state index >= 15 is 0 Å². The molecule has 1 saturated heterocycles. The van der Waals surface area contributed by atoms with Crippen LogP contribution in [-0.2, 0) is 4.79 Å². The Labute approximate surface area is 90.6 Å². The van der Waals surface area contributed by atoms with Crippen LogP contribution in [0.3, 0.4) is 0 Å². The van der Waals surface area contributed by atoms with Crippen LogP contribution >= 0.6 is 11.8 Å². The first kappa shape index (κ1) is 11.9. The predicted octanol–water partition coefficient (Wildman–Crippen LogP) is 0.950. The van der Waals surface area contributed by atoms with Gasteiger partial charge in [-0.2, -0.15) is 11.8 Å². The predicted molar refractivity (Wildman–Crippen MR) is 61.7 cm³/mol. The third-order valence-corrected chi connectivity index (χ3v) is 3.33. The van der Waals surface area contributed by atoms with Gasteiger partial charge >= 0.3 is 0 Å². The summed E-state index contributed by atoms with van der Waals surface area (Å²) < 4.78 is 0. The summed E-state index contributed by atoms with van der Waals surface area (Å²) in [5.41, 5.74) is 0. The van der Waals surface area contributed by atoms with Crippen LogP contribution in [0.5, 0.6) is 0 Å². The number of thioether (sulfide) groups is 1. The Balaban J connectivity index is 2.36. The number of nitrogens with zero attached hydrogens (tertiary/aromatic N) is 1. The second kappa shape index (κ2) is 6.30. The van der Waals surface area contributed by atoms with Crippen molar-refractivity contribution >= 4 is 17.7 Å². The maximum Gasteiger partial charge on any atom is 0.239 e. The zero-order valence-electron chi connectivity index (χ0n) is 9.08. The van der Waals surface area contributed by atoms with Crippen LogP contribution in [0.15, 0.2) is 0 Å². The quantitative estimate of drug-likeness (QED) is 0.710. The molecule has 1 fully saturated rings. The van der Waals surface area contributed by atoms with E-state index in [2.05, 4.69) is 12.2 Å². The minimum atomic E-state index is 0.00382. The summed E-state index contributed by atoms with van der Waals surface area (Å²) in [5.74, 6) is 2.46. The van der Waals surface area contributed by atoms with Gasteiger partial charge in [0.25, 0.3) is 0 Å². The smallest absolute Gasteiger partial charge is 0.239 e. The molecule has 0 radical (unpaired) electrons. The van der Waals surface area contributed by atoms with Gasteiger partial charge in [0.2, 0.25) is 5.91 Å². The van der Waals surface area contributed by atoms with Crippen LogP contribution in [0.25, 0.3) is 0 Å². The Kier molecular flexibility index (Phi) is 5.33. The third-order valence-electron chi connectivity index (χ3n) is 2.45. The van der Waals surface area contributed by atoms with Crippen LogP contribution in [0, 0.1) is 0 Å². The summed E-state index contributed by atoms with van der Waals surface area (Å²) in [4.78, 5) is 13.8. The van der Waals surface area contributed by atoms with Crippen molar-refractivity contribution in [3.8, 4) is 0 Å². The van der Waals surface area contributed by atoms with E-state index in [1.807, 2.05) is 23.6 Å². The highest BCUT2D eigenvalue weighted by Crippen LogP contribution is 2.05. The second-order valence-electron chi connectivity index (χ2n) is 3.55. The highest BCUT2D eigenvalue weighted by molar-refractivity contribution is 7.99. The Morgan fingerprint density at radius 2 is 2.43 bits per heavy atom. The van der Waals surface area contributed by atoms with Crippen LogP contribution < -0.4 is 5.32 Å². The monoisotopic (exact) mass is 216 g/mol. The van der Waals surface area contributed by atoms with E-state index in [9.17, 15) is 4.79 Å². The average Bonchev–Trinajstić information content (AvgIpc) is 2.33. The fourth-order valence-electron chi connectivity index (χ4n) is 1.60. The SMILES string of the molecule is CCSCCN1CCCNC(C)C1=O. The van der Waals surface area contributed by atoms with Crippen molar-refractivity contribution in [2.24, 2.45) is 0 Å². The highest BCUT2D eigenvalue weighted by Gasteiger charge is 2.21. The molecule has 0 spiro atoms. The Bertz CT molecular complexity index is 187. The number of hydrogen-bond acceptors (Lipinski definition) is 3. The number of rotatable bonds is 4. The van der Waals surface area contributed by atoms with Crippen LogP contribution in [0.4, 0.5) is 0 Å². The van der Waals surface area contributed by atoms with Crippen LogP contribution in [0.1, 0.15) is 20.3 Å². The molecule has 0 bridgehead atoms. The second-order valence-corrected chi connectivity index (χ2v) is 4.95. The fourth-order valence-corrected chi connectivity index (χ4v) is 2.24. The van der Waals surface area contributed by atoms with E-state index in [-0.39, 0.29) is 11.9 Å². The summed E-state index contributed by atoms with van der Waals surface area (Å²) in [7, 11) is 0. The van der Waals surface area contributed by atoms with Gasteiger partial charge in [-0.05, 0) is 25.6 Å². The molecule has 1 atom stereocenters. The summed E-state index contributed by atoms with van der Waals surface area (Å²) in [5, 5.41) is 3.22. The molecule has 4 heteroatoms. The molecule has 0 aliphatic carbocycles. The van der Waals surface area contributed by atoms with Gasteiger partial charge in [-0.15, -0.1) is 0 Å². The molecular formula is C10H20N2OS. The van der Waals surface area contributed by atoms with Crippen molar-refractivity contribution in [2.75, 3.05) is 31.1 Å². The van der Waals surface area contributed by atoms with Crippen molar-refractivity contribution in [3.05, 3.63) is 0 Å². The normalized spacial score (nSPS) is 23.7. The summed E-state index contributed by atoms with van der Waals surface area (Å²) in [6.45, 7) is 6.89. The van der Waals surface area contributed by atoms with Crippen molar-refractivity contribution < 1.29 is 4.79 Å². The first-order valence-electron chi connectivity index (χ1n) is 5.35. The summed E-state index contributed by atoms with van der Waals surface area (Å²) >= 11 is 1.90. The van der Waals surface area contributed by atoms with Gasteiger partial charge in [-0.25, -0.2) is 0 Å². The van der Waals surface area contributed by atoms with E-state index < -0.39 is 0 Å². The number of nitrogens with one attached hydrogen (secondary N) is 1. The minimum Gasteiger partial charge on any atom is -0.340 e. The molecule has 0 aromatic heterocycles. The van der Waals surface area contributed by atoms with E-state index in [0.29, 0.717) is 0 Å². The molecule has 1 aliphatic rings. The molecule has 1 heterocycles. The molecule has 1 amide bonds. The van der Waals surface area contributed by atoms with Crippen LogP contribution in [0.2, 0.25) is 0 Å². The standard InChI is InChI=1S/C10H20N2OS/c1-3-14-8-7-12-6-4-5-11-9(2)10(12)13/h9,11H,3-8H2,1-2H3. The molecule has 3 nitrogen and oxygen atoms in total. The number of amides is 1. The highest BCUT2D eigenvalue weighted by atomic mass is 32.2. The summed E-state index contributed by atoms with van der Waals surface area (Å²) in [6, 6.07) is 0.00382. The van der Waals surface area contributed by atoms with E-state index in [1.54, 1.807) is 0 Å². The average molecular weight is 216 g/mol. The fraction of sp³-hybridized carbons (Fsp3) is 0.900. The Morgan fingerprint density at radius 3 is 3.14 bits per heavy atom. The van der Waals surface area contributed by atoms with Crippen molar-refractivity contribution in [3.63, 3.8) is 0 Å². The molecule has 1 N–H and O–H groups in total. The number of carbonyl (C=O) groups is 1. The molecule has 0 aromatic carbocycles. The topological polar surface area (TPSA) is 32.3 Å². The maximum atomic E-state index is 11.8. The molecule has 0 saturated carbocycles. The molecule has 1 unspecified atom stereocenters. The van der Waals surface area contributed by atoms with Crippen LogP contribution in [-0.4, -0.2) is 48.0 Å². The van der Waals surface area contributed by atoms with Crippen molar-refractivity contribution in [1.29, 1.82) is 0 Å². The lowest BCUT2D eigenvalue weighted by Crippen LogP contribution is -2.42. The molecular weight excluding hydrogens is 196 g/mol. The van der Waals surface area contributed by atoms with Gasteiger partial charge in [0.1, 0.15) is 0 Å². The number of hydrogen-bond donors (Lipinski definition) is 1. The lowest BCUT2D eigenvalue weighted by Gasteiger charge is -2.22. The van der Waals surface area contributed by atoms with E-state index in [4.69, 9.17) is 0 Å². The zero-order chi connectivity index (χ0) is 10.4. The lowest BCUT2D eigenvalue weighted by molar-refractivity contribution is -0.131. The minimum absolute atomic E-state index is 0.00382. The van der Waals surface area contributed by atoms with Gasteiger partial charge in [0, 0.05) is 18.8 Å². The van der Waals surface area contributed by atoms with Gasteiger partial charge in [-0.1, -0.05) is 6.92 Å². The van der Waals surface area contributed by atoms with Crippen molar-refractivity contribution in [1.82, 2.24) is 10.2 Å². The van der Waals surface area contributed by atoms with E-state index in [1.165, 1.54) is 0 Å². The first-order valence-corrected chi connectivity index (χ1v) is 6.51. The number of carbonyl (C=O) groups excluding carboxylic acids is 1. The first-order chi connectivity index (χ1) is 6.75. The maximum absolute atomic E-state index is 11.8. The van der Waals surface area contributed by atoms with Gasteiger partial charge in [-0.3, -0.25) is 4.79 Å². The van der Waals surface area contributed by atoms with Gasteiger partial charge in [0.15, 0.2) is 0 Å². The van der Waals surface area contributed by atoms with Crippen molar-refractivity contribution in [2.45, 2.75) is 26.3 Å². The molecule has 0 aromatic rings. The van der Waals surface area contributed by atoms with Gasteiger partial charge < -0.3 is 10.2 Å². The molecule has 82 valence electrons. The third kappa shape index (κ3) is 3.50. The molecule has 14 heavy (non-hydrogen) atoms. The Hall–Kier alpha value is -0.220. The molecule has 1 rings (SSSR count). The Morgan fingerprint density at radius 1 is 1.64 bits per heavy atom. The lowest BCUT2D eigenvalue weighted by atomic mass is 10.3. The largest absolute Gasteiger partial charge is 0.340 e.